The lowest BCUT2D eigenvalue weighted by atomic mass is 10.1. The smallest absolute Gasteiger partial charge is 0.263 e. The highest BCUT2D eigenvalue weighted by atomic mass is 35.5. The maximum Gasteiger partial charge on any atom is 0.263 e. The second kappa shape index (κ2) is 8.95. The molecule has 1 N–H and O–H groups in total. The van der Waals surface area contributed by atoms with E-state index in [-0.39, 0.29) is 11.4 Å². The fraction of sp³-hybridized carbons (Fsp3) is 0.100. The summed E-state index contributed by atoms with van der Waals surface area (Å²) >= 11 is 8.89. The van der Waals surface area contributed by atoms with E-state index in [1.807, 2.05) is 6.07 Å². The molecule has 4 aromatic rings. The number of anilines is 1. The summed E-state index contributed by atoms with van der Waals surface area (Å²) in [5.41, 5.74) is 2.09. The van der Waals surface area contributed by atoms with Crippen LogP contribution in [0.25, 0.3) is 11.3 Å². The number of nitrogens with zero attached hydrogens (tertiary/aromatic N) is 3. The molecule has 0 saturated carbocycles. The third-order valence-corrected chi connectivity index (χ3v) is 6.47. The van der Waals surface area contributed by atoms with Gasteiger partial charge >= 0.3 is 0 Å². The van der Waals surface area contributed by atoms with Gasteiger partial charge < -0.3 is 4.52 Å². The second-order valence-electron chi connectivity index (χ2n) is 6.19. The monoisotopic (exact) mass is 460 g/mol. The minimum atomic E-state index is -0.415. The molecule has 152 valence electrons. The van der Waals surface area contributed by atoms with Gasteiger partial charge in [0, 0.05) is 11.3 Å². The lowest BCUT2D eigenvalue weighted by Crippen LogP contribution is -2.13. The van der Waals surface area contributed by atoms with Gasteiger partial charge in [-0.05, 0) is 30.7 Å². The average molecular weight is 461 g/mol. The topological polar surface area (TPSA) is 80.9 Å². The Bertz CT molecular complexity index is 1210. The molecule has 0 atom stereocenters. The van der Waals surface area contributed by atoms with Crippen molar-refractivity contribution in [3.8, 4) is 11.3 Å². The molecule has 0 spiro atoms. The van der Waals surface area contributed by atoms with Crippen LogP contribution in [0.2, 0.25) is 5.02 Å². The number of aryl methyl sites for hydroxylation is 1. The quantitative estimate of drug-likeness (QED) is 0.287. The molecule has 30 heavy (non-hydrogen) atoms. The summed E-state index contributed by atoms with van der Waals surface area (Å²) in [6, 6.07) is 13.5. The zero-order chi connectivity index (χ0) is 21.1. The van der Waals surface area contributed by atoms with Crippen molar-refractivity contribution in [3.05, 3.63) is 76.3 Å². The third kappa shape index (κ3) is 4.53. The number of thioether (sulfide) groups is 1. The molecule has 0 aliphatic heterocycles. The number of hydrogen-bond acceptors (Lipinski definition) is 7. The predicted molar refractivity (Wildman–Crippen MR) is 116 cm³/mol. The number of amides is 1. The molecule has 0 aliphatic rings. The van der Waals surface area contributed by atoms with Crippen LogP contribution in [0.3, 0.4) is 0 Å². The maximum atomic E-state index is 13.3. The van der Waals surface area contributed by atoms with Crippen LogP contribution in [0, 0.1) is 12.7 Å². The minimum Gasteiger partial charge on any atom is -0.360 e. The Kier molecular flexibility index (Phi) is 6.12. The van der Waals surface area contributed by atoms with Gasteiger partial charge in [-0.1, -0.05) is 70.2 Å². The predicted octanol–water partition coefficient (Wildman–Crippen LogP) is 5.84. The Hall–Kier alpha value is -2.75. The summed E-state index contributed by atoms with van der Waals surface area (Å²) in [5, 5.41) is 15.6. The molecule has 0 fully saturated rings. The van der Waals surface area contributed by atoms with Gasteiger partial charge in [0.15, 0.2) is 4.34 Å². The van der Waals surface area contributed by atoms with E-state index in [1.54, 1.807) is 37.3 Å². The highest BCUT2D eigenvalue weighted by Crippen LogP contribution is 2.32. The van der Waals surface area contributed by atoms with Crippen molar-refractivity contribution in [2.75, 3.05) is 5.32 Å². The van der Waals surface area contributed by atoms with Crippen molar-refractivity contribution in [3.63, 3.8) is 0 Å². The fourth-order valence-electron chi connectivity index (χ4n) is 2.73. The van der Waals surface area contributed by atoms with E-state index >= 15 is 0 Å². The van der Waals surface area contributed by atoms with Crippen LogP contribution in [0.1, 0.15) is 21.7 Å². The molecule has 2 aromatic heterocycles. The van der Waals surface area contributed by atoms with Gasteiger partial charge in [0.05, 0.1) is 5.02 Å². The lowest BCUT2D eigenvalue weighted by Gasteiger charge is -2.04. The van der Waals surface area contributed by atoms with Crippen molar-refractivity contribution in [2.24, 2.45) is 0 Å². The molecule has 0 unspecified atom stereocenters. The largest absolute Gasteiger partial charge is 0.360 e. The van der Waals surface area contributed by atoms with Crippen LogP contribution in [0.15, 0.2) is 57.4 Å². The molecule has 4 rings (SSSR count). The number of halogens is 2. The molecule has 0 radical (unpaired) electrons. The van der Waals surface area contributed by atoms with Gasteiger partial charge in [-0.2, -0.15) is 0 Å². The number of hydrogen-bond donors (Lipinski definition) is 1. The van der Waals surface area contributed by atoms with E-state index in [2.05, 4.69) is 20.7 Å². The standard InChI is InChI=1S/C20H14ClFN4O2S2/c1-11-16(17(26-28-11)14-7-2-3-8-15(14)21)18(27)23-19-24-25-20(30-19)29-10-12-5-4-6-13(22)9-12/h2-9H,10H2,1H3,(H,23,24,27). The summed E-state index contributed by atoms with van der Waals surface area (Å²) in [7, 11) is 0. The summed E-state index contributed by atoms with van der Waals surface area (Å²) in [4.78, 5) is 12.9. The highest BCUT2D eigenvalue weighted by molar-refractivity contribution is 8.00. The molecule has 10 heteroatoms. The van der Waals surface area contributed by atoms with E-state index in [0.29, 0.717) is 37.3 Å². The summed E-state index contributed by atoms with van der Waals surface area (Å²) in [6.45, 7) is 1.66. The highest BCUT2D eigenvalue weighted by Gasteiger charge is 2.24. The van der Waals surface area contributed by atoms with E-state index in [0.717, 1.165) is 5.56 Å². The zero-order valence-electron chi connectivity index (χ0n) is 15.6. The van der Waals surface area contributed by atoms with Crippen LogP contribution in [0.4, 0.5) is 9.52 Å². The number of carbonyl (C=O) groups is 1. The van der Waals surface area contributed by atoms with Gasteiger partial charge in [-0.3, -0.25) is 10.1 Å². The number of benzene rings is 2. The summed E-state index contributed by atoms with van der Waals surface area (Å²) in [6.07, 6.45) is 0. The van der Waals surface area contributed by atoms with Crippen LogP contribution in [0.5, 0.6) is 0 Å². The van der Waals surface area contributed by atoms with Crippen molar-refractivity contribution >= 4 is 45.7 Å². The van der Waals surface area contributed by atoms with Crippen LogP contribution in [-0.4, -0.2) is 21.3 Å². The molecule has 2 heterocycles. The Morgan fingerprint density at radius 1 is 1.23 bits per heavy atom. The molecule has 0 saturated heterocycles. The Balaban J connectivity index is 1.48. The number of aromatic nitrogens is 3. The van der Waals surface area contributed by atoms with Crippen molar-refractivity contribution in [1.29, 1.82) is 0 Å². The first kappa shape index (κ1) is 20.5. The van der Waals surface area contributed by atoms with Gasteiger partial charge in [-0.15, -0.1) is 10.2 Å². The van der Waals surface area contributed by atoms with Crippen molar-refractivity contribution in [1.82, 2.24) is 15.4 Å². The SMILES string of the molecule is Cc1onc(-c2ccccc2Cl)c1C(=O)Nc1nnc(SCc2cccc(F)c2)s1. The average Bonchev–Trinajstić information content (AvgIpc) is 3.33. The first-order valence-corrected chi connectivity index (χ1v) is 10.9. The molecule has 0 bridgehead atoms. The van der Waals surface area contributed by atoms with Gasteiger partial charge in [0.25, 0.3) is 5.91 Å². The molecular formula is C20H14ClFN4O2S2. The van der Waals surface area contributed by atoms with E-state index in [9.17, 15) is 9.18 Å². The van der Waals surface area contributed by atoms with E-state index < -0.39 is 5.91 Å². The van der Waals surface area contributed by atoms with Crippen molar-refractivity contribution in [2.45, 2.75) is 17.0 Å². The molecule has 1 amide bonds. The summed E-state index contributed by atoms with van der Waals surface area (Å²) in [5.74, 6) is 0.216. The fourth-order valence-corrected chi connectivity index (χ4v) is 4.64. The first-order chi connectivity index (χ1) is 14.5. The molecular weight excluding hydrogens is 447 g/mol. The number of nitrogens with one attached hydrogen (secondary N) is 1. The Morgan fingerprint density at radius 3 is 2.87 bits per heavy atom. The third-order valence-electron chi connectivity index (χ3n) is 4.10. The maximum absolute atomic E-state index is 13.3. The van der Waals surface area contributed by atoms with E-state index in [4.69, 9.17) is 16.1 Å². The van der Waals surface area contributed by atoms with Gasteiger partial charge in [0.2, 0.25) is 5.13 Å². The van der Waals surface area contributed by atoms with Crippen molar-refractivity contribution < 1.29 is 13.7 Å². The van der Waals surface area contributed by atoms with Crippen LogP contribution >= 0.6 is 34.7 Å². The van der Waals surface area contributed by atoms with Crippen LogP contribution in [-0.2, 0) is 5.75 Å². The molecule has 6 nitrogen and oxygen atoms in total. The Labute approximate surface area is 184 Å². The Morgan fingerprint density at radius 2 is 2.07 bits per heavy atom. The zero-order valence-corrected chi connectivity index (χ0v) is 17.9. The second-order valence-corrected chi connectivity index (χ2v) is 8.80. The molecule has 0 aliphatic carbocycles. The molecule has 2 aromatic carbocycles. The minimum absolute atomic E-state index is 0.281. The van der Waals surface area contributed by atoms with Crippen LogP contribution < -0.4 is 5.32 Å². The van der Waals surface area contributed by atoms with Gasteiger partial charge in [-0.25, -0.2) is 4.39 Å². The summed E-state index contributed by atoms with van der Waals surface area (Å²) < 4.78 is 19.2. The first-order valence-electron chi connectivity index (χ1n) is 8.74. The lowest BCUT2D eigenvalue weighted by molar-refractivity contribution is 0.102. The van der Waals surface area contributed by atoms with E-state index in [1.165, 1.54) is 35.2 Å². The van der Waals surface area contributed by atoms with Gasteiger partial charge in [0.1, 0.15) is 22.8 Å². The normalized spacial score (nSPS) is 10.9. The number of carbonyl (C=O) groups excluding carboxylic acids is 1. The number of rotatable bonds is 6.